The van der Waals surface area contributed by atoms with Gasteiger partial charge in [0.15, 0.2) is 0 Å². The van der Waals surface area contributed by atoms with Crippen LogP contribution >= 0.6 is 11.3 Å². The molecule has 28 heavy (non-hydrogen) atoms. The number of methoxy groups -OCH3 is 1. The number of rotatable bonds is 7. The second kappa shape index (κ2) is 8.15. The minimum atomic E-state index is -3.97. The van der Waals surface area contributed by atoms with E-state index in [1.165, 1.54) is 36.6 Å². The number of thiazole rings is 1. The molecular weight excluding hydrogens is 398 g/mol. The lowest BCUT2D eigenvalue weighted by atomic mass is 10.2. The summed E-state index contributed by atoms with van der Waals surface area (Å²) in [5.74, 6) is -0.188. The number of benzene rings is 2. The summed E-state index contributed by atoms with van der Waals surface area (Å²) in [7, 11) is -2.58. The van der Waals surface area contributed by atoms with Crippen LogP contribution in [-0.4, -0.2) is 33.0 Å². The number of carbonyl (C=O) groups is 1. The highest BCUT2D eigenvalue weighted by Gasteiger charge is 2.22. The molecule has 0 saturated heterocycles. The Morgan fingerprint density at radius 3 is 2.64 bits per heavy atom. The number of hydrogen-bond donors (Lipinski definition) is 2. The lowest BCUT2D eigenvalue weighted by molar-refractivity contribution is 0.0955. The highest BCUT2D eigenvalue weighted by molar-refractivity contribution is 7.92. The molecule has 9 heteroatoms. The molecule has 148 valence electrons. The lowest BCUT2D eigenvalue weighted by Gasteiger charge is -2.13. The number of carbonyl (C=O) groups excluding carboxylic acids is 1. The van der Waals surface area contributed by atoms with Gasteiger partial charge in [-0.3, -0.25) is 9.52 Å². The van der Waals surface area contributed by atoms with Crippen LogP contribution in [0, 0.1) is 0 Å². The topological polar surface area (TPSA) is 97.4 Å². The van der Waals surface area contributed by atoms with Gasteiger partial charge < -0.3 is 10.1 Å². The van der Waals surface area contributed by atoms with Gasteiger partial charge >= 0.3 is 0 Å². The molecule has 0 unspecified atom stereocenters. The molecule has 1 aromatic heterocycles. The molecule has 2 N–H and O–H groups in total. The minimum Gasteiger partial charge on any atom is -0.495 e. The van der Waals surface area contributed by atoms with Gasteiger partial charge in [0, 0.05) is 12.1 Å². The van der Waals surface area contributed by atoms with Gasteiger partial charge in [-0.25, -0.2) is 13.4 Å². The molecule has 1 heterocycles. The Bertz CT molecular complexity index is 1120. The molecule has 0 spiro atoms. The van der Waals surface area contributed by atoms with E-state index < -0.39 is 10.0 Å². The van der Waals surface area contributed by atoms with E-state index in [0.29, 0.717) is 12.2 Å². The highest BCUT2D eigenvalue weighted by atomic mass is 32.2. The molecule has 0 aliphatic rings. The van der Waals surface area contributed by atoms with Gasteiger partial charge in [-0.2, -0.15) is 0 Å². The maximum atomic E-state index is 13.0. The largest absolute Gasteiger partial charge is 0.495 e. The van der Waals surface area contributed by atoms with Crippen LogP contribution < -0.4 is 14.8 Å². The zero-order valence-corrected chi connectivity index (χ0v) is 17.4. The van der Waals surface area contributed by atoms with E-state index in [-0.39, 0.29) is 22.1 Å². The fraction of sp³-hybridized carbons (Fsp3) is 0.263. The van der Waals surface area contributed by atoms with Gasteiger partial charge in [0.05, 0.1) is 28.0 Å². The van der Waals surface area contributed by atoms with Gasteiger partial charge in [-0.05, 0) is 49.7 Å². The molecule has 0 radical (unpaired) electrons. The maximum absolute atomic E-state index is 13.0. The van der Waals surface area contributed by atoms with E-state index in [0.717, 1.165) is 21.6 Å². The van der Waals surface area contributed by atoms with E-state index in [2.05, 4.69) is 15.0 Å². The first-order valence-electron chi connectivity index (χ1n) is 8.76. The molecule has 0 fully saturated rings. The average molecular weight is 420 g/mol. The van der Waals surface area contributed by atoms with Crippen LogP contribution in [-0.2, 0) is 16.4 Å². The summed E-state index contributed by atoms with van der Waals surface area (Å²) in [6, 6.07) is 9.51. The molecular formula is C19H21N3O4S2. The zero-order valence-electron chi connectivity index (χ0n) is 15.8. The molecule has 0 bridgehead atoms. The summed E-state index contributed by atoms with van der Waals surface area (Å²) in [6.07, 6.45) is 0.824. The van der Waals surface area contributed by atoms with Crippen molar-refractivity contribution < 1.29 is 17.9 Å². The molecule has 1 amide bonds. The number of hydrogen-bond acceptors (Lipinski definition) is 6. The Kier molecular flexibility index (Phi) is 5.85. The molecule has 7 nitrogen and oxygen atoms in total. The fourth-order valence-electron chi connectivity index (χ4n) is 2.69. The smallest absolute Gasteiger partial charge is 0.265 e. The van der Waals surface area contributed by atoms with Crippen LogP contribution in [0.1, 0.15) is 29.2 Å². The number of fused-ring (bicyclic) bond motifs is 1. The monoisotopic (exact) mass is 419 g/mol. The first-order valence-corrected chi connectivity index (χ1v) is 11.1. The molecule has 0 saturated carbocycles. The Morgan fingerprint density at radius 2 is 1.96 bits per heavy atom. The van der Waals surface area contributed by atoms with E-state index in [9.17, 15) is 13.2 Å². The first-order chi connectivity index (χ1) is 13.4. The Balaban J connectivity index is 1.97. The number of ether oxygens (including phenoxy) is 1. The number of sulfonamides is 1. The predicted molar refractivity (Wildman–Crippen MR) is 111 cm³/mol. The van der Waals surface area contributed by atoms with Crippen LogP contribution in [0.25, 0.3) is 10.2 Å². The number of aryl methyl sites for hydroxylation is 1. The third-order valence-electron chi connectivity index (χ3n) is 4.04. The molecule has 0 aliphatic heterocycles. The zero-order chi connectivity index (χ0) is 20.3. The van der Waals surface area contributed by atoms with Crippen molar-refractivity contribution in [1.29, 1.82) is 0 Å². The number of amides is 1. The Morgan fingerprint density at radius 1 is 1.18 bits per heavy atom. The summed E-state index contributed by atoms with van der Waals surface area (Å²) in [5, 5.41) is 3.65. The van der Waals surface area contributed by atoms with Crippen LogP contribution in [0.15, 0.2) is 41.3 Å². The fourth-order valence-corrected chi connectivity index (χ4v) is 4.88. The summed E-state index contributed by atoms with van der Waals surface area (Å²) in [4.78, 5) is 16.5. The second-order valence-corrected chi connectivity index (χ2v) is 8.74. The SMILES string of the molecule is CCNC(=O)c1ccc(OC)c(S(=O)(=O)Nc2ccc3nc(CC)sc3c2)c1. The third kappa shape index (κ3) is 4.10. The second-order valence-electron chi connectivity index (χ2n) is 5.97. The quantitative estimate of drug-likeness (QED) is 0.612. The van der Waals surface area contributed by atoms with Crippen molar-refractivity contribution in [3.63, 3.8) is 0 Å². The normalized spacial score (nSPS) is 11.4. The molecule has 3 rings (SSSR count). The Hall–Kier alpha value is -2.65. The molecule has 0 atom stereocenters. The first kappa shape index (κ1) is 20.1. The summed E-state index contributed by atoms with van der Waals surface area (Å²) < 4.78 is 34.6. The number of nitrogens with one attached hydrogen (secondary N) is 2. The van der Waals surface area contributed by atoms with Crippen molar-refractivity contribution in [2.45, 2.75) is 25.2 Å². The van der Waals surface area contributed by atoms with E-state index in [4.69, 9.17) is 4.74 Å². The van der Waals surface area contributed by atoms with Crippen molar-refractivity contribution in [3.8, 4) is 5.75 Å². The van der Waals surface area contributed by atoms with Crippen LogP contribution in [0.5, 0.6) is 5.75 Å². The van der Waals surface area contributed by atoms with E-state index in [1.807, 2.05) is 6.92 Å². The third-order valence-corrected chi connectivity index (χ3v) is 6.61. The average Bonchev–Trinajstić information content (AvgIpc) is 3.09. The van der Waals surface area contributed by atoms with Gasteiger partial charge in [-0.15, -0.1) is 11.3 Å². The van der Waals surface area contributed by atoms with Crippen molar-refractivity contribution in [1.82, 2.24) is 10.3 Å². The van der Waals surface area contributed by atoms with Crippen molar-refractivity contribution in [3.05, 3.63) is 47.0 Å². The Labute approximate surface area is 167 Å². The number of aromatic nitrogens is 1. The molecule has 3 aromatic rings. The predicted octanol–water partition coefficient (Wildman–Crippen LogP) is 3.42. The molecule has 2 aromatic carbocycles. The van der Waals surface area contributed by atoms with Crippen LogP contribution in [0.3, 0.4) is 0 Å². The van der Waals surface area contributed by atoms with Gasteiger partial charge in [0.25, 0.3) is 15.9 Å². The standard InChI is InChI=1S/C19H21N3O4S2/c1-4-18-21-14-8-7-13(11-16(14)27-18)22-28(24,25)17-10-12(19(23)20-5-2)6-9-15(17)26-3/h6-11,22H,4-5H2,1-3H3,(H,20,23). The van der Waals surface area contributed by atoms with E-state index in [1.54, 1.807) is 25.1 Å². The number of anilines is 1. The van der Waals surface area contributed by atoms with Crippen molar-refractivity contribution >= 4 is 43.2 Å². The van der Waals surface area contributed by atoms with Crippen LogP contribution in [0.4, 0.5) is 5.69 Å². The van der Waals surface area contributed by atoms with Crippen LogP contribution in [0.2, 0.25) is 0 Å². The van der Waals surface area contributed by atoms with E-state index >= 15 is 0 Å². The minimum absolute atomic E-state index is 0.0996. The van der Waals surface area contributed by atoms with Gasteiger partial charge in [-0.1, -0.05) is 6.92 Å². The van der Waals surface area contributed by atoms with Crippen molar-refractivity contribution in [2.75, 3.05) is 18.4 Å². The number of nitrogens with zero attached hydrogens (tertiary/aromatic N) is 1. The maximum Gasteiger partial charge on any atom is 0.265 e. The molecule has 0 aliphatic carbocycles. The summed E-state index contributed by atoms with van der Waals surface area (Å²) in [6.45, 7) is 4.26. The summed E-state index contributed by atoms with van der Waals surface area (Å²) in [5.41, 5.74) is 1.50. The van der Waals surface area contributed by atoms with Gasteiger partial charge in [0.1, 0.15) is 10.6 Å². The van der Waals surface area contributed by atoms with Gasteiger partial charge in [0.2, 0.25) is 0 Å². The summed E-state index contributed by atoms with van der Waals surface area (Å²) >= 11 is 1.53. The highest BCUT2D eigenvalue weighted by Crippen LogP contribution is 2.30. The lowest BCUT2D eigenvalue weighted by Crippen LogP contribution is -2.23. The van der Waals surface area contributed by atoms with Crippen molar-refractivity contribution in [2.24, 2.45) is 0 Å².